The van der Waals surface area contributed by atoms with E-state index in [0.29, 0.717) is 35.4 Å². The number of fused-ring (bicyclic) bond motifs is 1. The number of aromatic nitrogens is 1. The third kappa shape index (κ3) is 6.37. The van der Waals surface area contributed by atoms with Crippen LogP contribution in [0.5, 0.6) is 5.75 Å². The minimum atomic E-state index is -0.403. The molecule has 1 aromatic heterocycles. The van der Waals surface area contributed by atoms with Crippen LogP contribution in [0.4, 0.5) is 0 Å². The average molecular weight is 616 g/mol. The van der Waals surface area contributed by atoms with Gasteiger partial charge in [0.05, 0.1) is 3.57 Å². The molecule has 0 bridgehead atoms. The highest BCUT2D eigenvalue weighted by Crippen LogP contribution is 2.27. The van der Waals surface area contributed by atoms with Gasteiger partial charge in [-0.3, -0.25) is 4.79 Å². The van der Waals surface area contributed by atoms with Gasteiger partial charge < -0.3 is 15.0 Å². The Labute approximate surface area is 226 Å². The van der Waals surface area contributed by atoms with Crippen molar-refractivity contribution < 1.29 is 9.53 Å². The molecule has 1 amide bonds. The zero-order chi connectivity index (χ0) is 24.8. The molecule has 0 aliphatic carbocycles. The van der Waals surface area contributed by atoms with Gasteiger partial charge in [0.1, 0.15) is 24.0 Å². The second kappa shape index (κ2) is 11.6. The quantitative estimate of drug-likeness (QED) is 0.128. The molecule has 8 heteroatoms. The Balaban J connectivity index is 1.37. The summed E-state index contributed by atoms with van der Waals surface area (Å²) < 4.78 is 6.74. The van der Waals surface area contributed by atoms with E-state index < -0.39 is 5.91 Å². The summed E-state index contributed by atoms with van der Waals surface area (Å²) in [7, 11) is 0. The number of para-hydroxylation sites is 1. The molecule has 0 unspecified atom stereocenters. The first-order valence-electron chi connectivity index (χ1n) is 10.8. The molecule has 4 aromatic rings. The number of ether oxygens (including phenoxy) is 1. The van der Waals surface area contributed by atoms with Crippen LogP contribution in [-0.2, 0) is 17.8 Å². The molecule has 0 spiro atoms. The molecular formula is C27H20Cl2IN3O2. The van der Waals surface area contributed by atoms with Gasteiger partial charge in [-0.15, -0.1) is 0 Å². The van der Waals surface area contributed by atoms with Crippen molar-refractivity contribution >= 4 is 68.7 Å². The maximum Gasteiger partial charge on any atom is 0.261 e. The van der Waals surface area contributed by atoms with E-state index in [2.05, 4.69) is 32.9 Å². The standard InChI is InChI=1S/C27H20Cl2IN3O2/c28-21-7-6-19(23(29)13-21)16-35-26-8-5-17(12-24(26)30)11-20(14-31)27(34)32-10-9-18-15-33-25-4-2-1-3-22(18)25/h1-8,11-13,15,33H,9-10,16H2,(H,32,34)/b20-11-. The highest BCUT2D eigenvalue weighted by atomic mass is 127. The third-order valence-electron chi connectivity index (χ3n) is 5.39. The molecule has 176 valence electrons. The van der Waals surface area contributed by atoms with Crippen LogP contribution in [0.2, 0.25) is 10.0 Å². The van der Waals surface area contributed by atoms with Gasteiger partial charge in [0.25, 0.3) is 5.91 Å². The van der Waals surface area contributed by atoms with E-state index in [-0.39, 0.29) is 5.57 Å². The Morgan fingerprint density at radius 3 is 2.71 bits per heavy atom. The van der Waals surface area contributed by atoms with Gasteiger partial charge in [-0.1, -0.05) is 53.5 Å². The fourth-order valence-electron chi connectivity index (χ4n) is 3.58. The maximum absolute atomic E-state index is 12.6. The summed E-state index contributed by atoms with van der Waals surface area (Å²) in [5.74, 6) is 0.274. The minimum Gasteiger partial charge on any atom is -0.488 e. The van der Waals surface area contributed by atoms with Gasteiger partial charge in [-0.2, -0.15) is 5.26 Å². The number of carbonyl (C=O) groups is 1. The monoisotopic (exact) mass is 615 g/mol. The Hall–Kier alpha value is -2.99. The van der Waals surface area contributed by atoms with Crippen LogP contribution in [0.15, 0.2) is 72.4 Å². The highest BCUT2D eigenvalue weighted by molar-refractivity contribution is 14.1. The smallest absolute Gasteiger partial charge is 0.261 e. The third-order valence-corrected chi connectivity index (χ3v) is 6.82. The van der Waals surface area contributed by atoms with Gasteiger partial charge in [-0.05, 0) is 76.5 Å². The maximum atomic E-state index is 12.6. The molecule has 0 fully saturated rings. The lowest BCUT2D eigenvalue weighted by Crippen LogP contribution is -2.26. The van der Waals surface area contributed by atoms with Crippen LogP contribution in [0, 0.1) is 14.9 Å². The Kier molecular flexibility index (Phi) is 8.34. The lowest BCUT2D eigenvalue weighted by Gasteiger charge is -2.10. The van der Waals surface area contributed by atoms with Crippen molar-refractivity contribution in [3.8, 4) is 11.8 Å². The van der Waals surface area contributed by atoms with Gasteiger partial charge in [0.2, 0.25) is 0 Å². The number of hydrogen-bond donors (Lipinski definition) is 2. The van der Waals surface area contributed by atoms with E-state index in [1.165, 1.54) is 0 Å². The fourth-order valence-corrected chi connectivity index (χ4v) is 4.74. The summed E-state index contributed by atoms with van der Waals surface area (Å²) in [6.07, 6.45) is 4.18. The summed E-state index contributed by atoms with van der Waals surface area (Å²) in [6, 6.07) is 20.7. The SMILES string of the molecule is N#C/C(=C/c1ccc(OCc2ccc(Cl)cc2Cl)c(I)c1)C(=O)NCCc1c[nH]c2ccccc12. The second-order valence-corrected chi connectivity index (χ2v) is 9.76. The van der Waals surface area contributed by atoms with Gasteiger partial charge in [0, 0.05) is 39.3 Å². The van der Waals surface area contributed by atoms with Crippen molar-refractivity contribution in [2.24, 2.45) is 0 Å². The minimum absolute atomic E-state index is 0.0429. The summed E-state index contributed by atoms with van der Waals surface area (Å²) in [5.41, 5.74) is 3.78. The molecule has 5 nitrogen and oxygen atoms in total. The number of benzene rings is 3. The number of nitriles is 1. The Morgan fingerprint density at radius 1 is 1.11 bits per heavy atom. The van der Waals surface area contributed by atoms with Crippen LogP contribution < -0.4 is 10.1 Å². The van der Waals surface area contributed by atoms with E-state index in [9.17, 15) is 10.1 Å². The molecule has 0 aliphatic rings. The average Bonchev–Trinajstić information content (AvgIpc) is 3.26. The zero-order valence-electron chi connectivity index (χ0n) is 18.4. The first kappa shape index (κ1) is 25.1. The van der Waals surface area contributed by atoms with Gasteiger partial charge in [-0.25, -0.2) is 0 Å². The fraction of sp³-hybridized carbons (Fsp3) is 0.111. The molecule has 0 radical (unpaired) electrons. The zero-order valence-corrected chi connectivity index (χ0v) is 22.1. The largest absolute Gasteiger partial charge is 0.488 e. The van der Waals surface area contributed by atoms with E-state index in [1.54, 1.807) is 30.3 Å². The van der Waals surface area contributed by atoms with E-state index in [1.807, 2.05) is 48.7 Å². The predicted molar refractivity (Wildman–Crippen MR) is 149 cm³/mol. The van der Waals surface area contributed by atoms with Crippen LogP contribution in [0.25, 0.3) is 17.0 Å². The lowest BCUT2D eigenvalue weighted by atomic mass is 10.1. The summed E-state index contributed by atoms with van der Waals surface area (Å²) >= 11 is 14.3. The number of halogens is 3. The number of H-pyrrole nitrogens is 1. The molecule has 0 saturated heterocycles. The predicted octanol–water partition coefficient (Wildman–Crippen LogP) is 6.92. The molecule has 0 aliphatic heterocycles. The number of amides is 1. The molecule has 1 heterocycles. The molecule has 2 N–H and O–H groups in total. The summed E-state index contributed by atoms with van der Waals surface area (Å²) in [6.45, 7) is 0.723. The van der Waals surface area contributed by atoms with Crippen LogP contribution in [0.3, 0.4) is 0 Å². The van der Waals surface area contributed by atoms with Crippen LogP contribution in [-0.4, -0.2) is 17.4 Å². The number of hydrogen-bond acceptors (Lipinski definition) is 3. The number of nitrogens with one attached hydrogen (secondary N) is 2. The molecule has 4 rings (SSSR count). The first-order valence-corrected chi connectivity index (χ1v) is 12.6. The Bertz CT molecular complexity index is 1460. The second-order valence-electron chi connectivity index (χ2n) is 7.75. The number of aromatic amines is 1. The van der Waals surface area contributed by atoms with E-state index in [4.69, 9.17) is 27.9 Å². The topological polar surface area (TPSA) is 77.9 Å². The van der Waals surface area contributed by atoms with Crippen molar-refractivity contribution in [1.82, 2.24) is 10.3 Å². The van der Waals surface area contributed by atoms with Crippen molar-refractivity contribution in [3.05, 3.63) is 103 Å². The number of rotatable bonds is 8. The summed E-state index contributed by atoms with van der Waals surface area (Å²) in [4.78, 5) is 15.8. The van der Waals surface area contributed by atoms with Crippen molar-refractivity contribution in [1.29, 1.82) is 5.26 Å². The van der Waals surface area contributed by atoms with Gasteiger partial charge in [0.15, 0.2) is 0 Å². The van der Waals surface area contributed by atoms with Crippen molar-refractivity contribution in [3.63, 3.8) is 0 Å². The van der Waals surface area contributed by atoms with Crippen molar-refractivity contribution in [2.45, 2.75) is 13.0 Å². The number of nitrogens with zero attached hydrogens (tertiary/aromatic N) is 1. The molecule has 0 atom stereocenters. The van der Waals surface area contributed by atoms with Gasteiger partial charge >= 0.3 is 0 Å². The van der Waals surface area contributed by atoms with Crippen molar-refractivity contribution in [2.75, 3.05) is 6.54 Å². The molecule has 35 heavy (non-hydrogen) atoms. The normalized spacial score (nSPS) is 11.3. The Morgan fingerprint density at radius 2 is 1.94 bits per heavy atom. The van der Waals surface area contributed by atoms with Crippen LogP contribution in [0.1, 0.15) is 16.7 Å². The highest BCUT2D eigenvalue weighted by Gasteiger charge is 2.11. The lowest BCUT2D eigenvalue weighted by molar-refractivity contribution is -0.117. The first-order chi connectivity index (χ1) is 16.9. The van der Waals surface area contributed by atoms with E-state index in [0.717, 1.165) is 31.2 Å². The van der Waals surface area contributed by atoms with Crippen LogP contribution >= 0.6 is 45.8 Å². The summed E-state index contributed by atoms with van der Waals surface area (Å²) in [5, 5.41) is 14.6. The molecule has 3 aromatic carbocycles. The van der Waals surface area contributed by atoms with E-state index >= 15 is 0 Å². The molecule has 0 saturated carbocycles. The molecular weight excluding hydrogens is 596 g/mol. The number of carbonyl (C=O) groups excluding carboxylic acids is 1.